The highest BCUT2D eigenvalue weighted by Crippen LogP contribution is 2.34. The van der Waals surface area contributed by atoms with E-state index in [2.05, 4.69) is 10.6 Å². The number of aliphatic hydroxyl groups is 1. The Bertz CT molecular complexity index is 360. The van der Waals surface area contributed by atoms with Gasteiger partial charge in [-0.1, -0.05) is 0 Å². The van der Waals surface area contributed by atoms with Gasteiger partial charge in [-0.15, -0.1) is 0 Å². The lowest BCUT2D eigenvalue weighted by atomic mass is 9.78. The number of aliphatic carboxylic acids is 1. The second-order valence-corrected chi connectivity index (χ2v) is 6.11. The fraction of sp³-hybridized carbons (Fsp3) is 0.857. The van der Waals surface area contributed by atoms with Crippen LogP contribution in [0, 0.1) is 5.92 Å². The van der Waals surface area contributed by atoms with Crippen molar-refractivity contribution in [1.82, 2.24) is 10.6 Å². The van der Waals surface area contributed by atoms with Gasteiger partial charge < -0.3 is 20.8 Å². The van der Waals surface area contributed by atoms with E-state index in [9.17, 15) is 14.7 Å². The van der Waals surface area contributed by atoms with Crippen LogP contribution in [0.25, 0.3) is 0 Å². The summed E-state index contributed by atoms with van der Waals surface area (Å²) < 4.78 is 0. The van der Waals surface area contributed by atoms with Crippen molar-refractivity contribution in [2.45, 2.75) is 63.0 Å². The van der Waals surface area contributed by atoms with Gasteiger partial charge in [-0.05, 0) is 51.4 Å². The SMILES string of the molecule is O=C(NCCC1(O)CCC1)NC1CCC(C(=O)O)CC1. The molecule has 0 aromatic rings. The average molecular weight is 284 g/mol. The first kappa shape index (κ1) is 15.1. The number of rotatable bonds is 5. The first-order valence-corrected chi connectivity index (χ1v) is 7.48. The molecule has 6 heteroatoms. The molecule has 2 rings (SSSR count). The van der Waals surface area contributed by atoms with Crippen molar-refractivity contribution in [3.05, 3.63) is 0 Å². The van der Waals surface area contributed by atoms with Gasteiger partial charge in [0.05, 0.1) is 11.5 Å². The van der Waals surface area contributed by atoms with Crippen LogP contribution < -0.4 is 10.6 Å². The molecule has 0 radical (unpaired) electrons. The fourth-order valence-corrected chi connectivity index (χ4v) is 2.96. The average Bonchev–Trinajstić information content (AvgIpc) is 2.37. The molecule has 4 N–H and O–H groups in total. The summed E-state index contributed by atoms with van der Waals surface area (Å²) in [5.41, 5.74) is -0.563. The number of hydrogen-bond donors (Lipinski definition) is 4. The first-order valence-electron chi connectivity index (χ1n) is 7.48. The van der Waals surface area contributed by atoms with Gasteiger partial charge in [0.1, 0.15) is 0 Å². The van der Waals surface area contributed by atoms with Crippen LogP contribution in [0.4, 0.5) is 4.79 Å². The number of amides is 2. The second-order valence-electron chi connectivity index (χ2n) is 6.11. The summed E-state index contributed by atoms with van der Waals surface area (Å²) >= 11 is 0. The van der Waals surface area contributed by atoms with Gasteiger partial charge in [-0.3, -0.25) is 4.79 Å². The highest BCUT2D eigenvalue weighted by Gasteiger charge is 2.33. The molecule has 0 heterocycles. The molecule has 20 heavy (non-hydrogen) atoms. The molecule has 0 aromatic heterocycles. The summed E-state index contributed by atoms with van der Waals surface area (Å²) in [7, 11) is 0. The minimum Gasteiger partial charge on any atom is -0.481 e. The molecule has 2 aliphatic rings. The monoisotopic (exact) mass is 284 g/mol. The normalized spacial score (nSPS) is 28.2. The van der Waals surface area contributed by atoms with E-state index in [1.165, 1.54) is 0 Å². The fourth-order valence-electron chi connectivity index (χ4n) is 2.96. The quantitative estimate of drug-likeness (QED) is 0.610. The van der Waals surface area contributed by atoms with Gasteiger partial charge >= 0.3 is 12.0 Å². The molecule has 2 amide bonds. The zero-order valence-electron chi connectivity index (χ0n) is 11.7. The third kappa shape index (κ3) is 4.10. The van der Waals surface area contributed by atoms with Crippen molar-refractivity contribution < 1.29 is 19.8 Å². The molecule has 6 nitrogen and oxygen atoms in total. The smallest absolute Gasteiger partial charge is 0.315 e. The molecule has 0 aliphatic heterocycles. The summed E-state index contributed by atoms with van der Waals surface area (Å²) in [6, 6.07) is -0.149. The zero-order chi connectivity index (χ0) is 14.6. The molecule has 0 aromatic carbocycles. The summed E-state index contributed by atoms with van der Waals surface area (Å²) in [5.74, 6) is -0.995. The Kier molecular flexibility index (Phi) is 4.86. The van der Waals surface area contributed by atoms with Crippen molar-refractivity contribution >= 4 is 12.0 Å². The van der Waals surface area contributed by atoms with Crippen LogP contribution in [0.5, 0.6) is 0 Å². The van der Waals surface area contributed by atoms with Gasteiger partial charge in [0.2, 0.25) is 0 Å². The number of carboxylic acid groups (broad SMARTS) is 1. The Morgan fingerprint density at radius 1 is 1.15 bits per heavy atom. The maximum atomic E-state index is 11.7. The molecule has 2 saturated carbocycles. The topological polar surface area (TPSA) is 98.7 Å². The van der Waals surface area contributed by atoms with E-state index >= 15 is 0 Å². The standard InChI is InChI=1S/C14H24N2O4/c17-12(18)10-2-4-11(5-3-10)16-13(19)15-9-8-14(20)6-1-7-14/h10-11,20H,1-9H2,(H,17,18)(H2,15,16,19). The lowest BCUT2D eigenvalue weighted by Gasteiger charge is -2.36. The summed E-state index contributed by atoms with van der Waals surface area (Å²) in [6.45, 7) is 0.479. The third-order valence-corrected chi connectivity index (χ3v) is 4.57. The number of hydrogen-bond acceptors (Lipinski definition) is 3. The molecule has 0 spiro atoms. The van der Waals surface area contributed by atoms with Gasteiger partial charge in [0.15, 0.2) is 0 Å². The van der Waals surface area contributed by atoms with Gasteiger partial charge in [0.25, 0.3) is 0 Å². The molecule has 2 aliphatic carbocycles. The van der Waals surface area contributed by atoms with Crippen molar-refractivity contribution in [1.29, 1.82) is 0 Å². The van der Waals surface area contributed by atoms with Crippen molar-refractivity contribution in [3.8, 4) is 0 Å². The number of nitrogens with one attached hydrogen (secondary N) is 2. The minimum atomic E-state index is -0.735. The predicted octanol–water partition coefficient (Wildman–Crippen LogP) is 1.23. The Labute approximate surface area is 118 Å². The van der Waals surface area contributed by atoms with Crippen LogP contribution in [0.1, 0.15) is 51.4 Å². The number of urea groups is 1. The predicted molar refractivity (Wildman–Crippen MR) is 73.3 cm³/mol. The Morgan fingerprint density at radius 2 is 1.80 bits per heavy atom. The van der Waals surface area contributed by atoms with E-state index in [1.807, 2.05) is 0 Å². The van der Waals surface area contributed by atoms with Crippen LogP contribution in [0.3, 0.4) is 0 Å². The molecular weight excluding hydrogens is 260 g/mol. The van der Waals surface area contributed by atoms with E-state index in [4.69, 9.17) is 5.11 Å². The minimum absolute atomic E-state index is 0.0670. The van der Waals surface area contributed by atoms with Crippen LogP contribution in [-0.2, 0) is 4.79 Å². The molecule has 114 valence electrons. The lowest BCUT2D eigenvalue weighted by Crippen LogP contribution is -2.46. The van der Waals surface area contributed by atoms with Crippen molar-refractivity contribution in [2.75, 3.05) is 6.54 Å². The van der Waals surface area contributed by atoms with Gasteiger partial charge in [-0.25, -0.2) is 4.79 Å². The molecule has 0 atom stereocenters. The largest absolute Gasteiger partial charge is 0.481 e. The van der Waals surface area contributed by atoms with E-state index in [0.717, 1.165) is 19.3 Å². The van der Waals surface area contributed by atoms with E-state index < -0.39 is 11.6 Å². The summed E-state index contributed by atoms with van der Waals surface area (Å²) in [5, 5.41) is 24.4. The van der Waals surface area contributed by atoms with E-state index in [-0.39, 0.29) is 18.0 Å². The van der Waals surface area contributed by atoms with Crippen LogP contribution >= 0.6 is 0 Å². The van der Waals surface area contributed by atoms with Crippen LogP contribution in [0.15, 0.2) is 0 Å². The Hall–Kier alpha value is -1.30. The van der Waals surface area contributed by atoms with Gasteiger partial charge in [-0.2, -0.15) is 0 Å². The second kappa shape index (κ2) is 6.43. The number of carbonyl (C=O) groups is 2. The molecule has 0 saturated heterocycles. The lowest BCUT2D eigenvalue weighted by molar-refractivity contribution is -0.142. The molecular formula is C14H24N2O4. The van der Waals surface area contributed by atoms with Crippen molar-refractivity contribution in [2.24, 2.45) is 5.92 Å². The van der Waals surface area contributed by atoms with E-state index in [1.54, 1.807) is 0 Å². The molecule has 0 unspecified atom stereocenters. The summed E-state index contributed by atoms with van der Waals surface area (Å²) in [6.07, 6.45) is 6.01. The third-order valence-electron chi connectivity index (χ3n) is 4.57. The van der Waals surface area contributed by atoms with Crippen molar-refractivity contribution in [3.63, 3.8) is 0 Å². The maximum Gasteiger partial charge on any atom is 0.315 e. The molecule has 2 fully saturated rings. The Morgan fingerprint density at radius 3 is 2.30 bits per heavy atom. The maximum absolute atomic E-state index is 11.7. The van der Waals surface area contributed by atoms with Gasteiger partial charge in [0, 0.05) is 12.6 Å². The van der Waals surface area contributed by atoms with Crippen LogP contribution in [-0.4, -0.2) is 40.4 Å². The zero-order valence-corrected chi connectivity index (χ0v) is 11.7. The Balaban J connectivity index is 1.59. The number of carboxylic acids is 1. The highest BCUT2D eigenvalue weighted by molar-refractivity contribution is 5.74. The molecule has 0 bridgehead atoms. The first-order chi connectivity index (χ1) is 9.48. The van der Waals surface area contributed by atoms with E-state index in [0.29, 0.717) is 38.6 Å². The summed E-state index contributed by atoms with van der Waals surface area (Å²) in [4.78, 5) is 22.5. The number of carbonyl (C=O) groups excluding carboxylic acids is 1. The van der Waals surface area contributed by atoms with Crippen LogP contribution in [0.2, 0.25) is 0 Å². The highest BCUT2D eigenvalue weighted by atomic mass is 16.4.